The molecule has 3 aromatic carbocycles. The van der Waals surface area contributed by atoms with Gasteiger partial charge < -0.3 is 10.6 Å². The number of para-hydroxylation sites is 1. The minimum atomic E-state index is -0.222. The molecule has 0 aromatic heterocycles. The van der Waals surface area contributed by atoms with Crippen molar-refractivity contribution in [3.05, 3.63) is 95.6 Å². The highest BCUT2D eigenvalue weighted by molar-refractivity contribution is 6.54. The molecule has 0 saturated carbocycles. The molecule has 5 heteroatoms. The Balaban J connectivity index is 1.50. The number of benzene rings is 3. The van der Waals surface area contributed by atoms with E-state index in [1.54, 1.807) is 24.3 Å². The molecule has 3 aromatic rings. The number of amides is 2. The summed E-state index contributed by atoms with van der Waals surface area (Å²) < 4.78 is 0. The molecule has 5 nitrogen and oxygen atoms in total. The van der Waals surface area contributed by atoms with E-state index >= 15 is 0 Å². The van der Waals surface area contributed by atoms with Crippen molar-refractivity contribution < 1.29 is 9.59 Å². The zero-order valence-electron chi connectivity index (χ0n) is 15.3. The van der Waals surface area contributed by atoms with Gasteiger partial charge in [0.15, 0.2) is 0 Å². The van der Waals surface area contributed by atoms with E-state index in [2.05, 4.69) is 15.6 Å². The van der Waals surface area contributed by atoms with Crippen LogP contribution in [0.5, 0.6) is 0 Å². The summed E-state index contributed by atoms with van der Waals surface area (Å²) in [6.07, 6.45) is 0. The second kappa shape index (κ2) is 7.48. The van der Waals surface area contributed by atoms with Crippen molar-refractivity contribution in [1.82, 2.24) is 5.32 Å². The normalized spacial score (nSPS) is 15.0. The summed E-state index contributed by atoms with van der Waals surface area (Å²) in [5.74, 6) is -0.376. The number of nitrogens with zero attached hydrogens (tertiary/aromatic N) is 1. The smallest absolute Gasteiger partial charge is 0.275 e. The predicted octanol–water partition coefficient (Wildman–Crippen LogP) is 4.25. The predicted molar refractivity (Wildman–Crippen MR) is 110 cm³/mol. The average molecular weight is 369 g/mol. The maximum atomic E-state index is 12.5. The van der Waals surface area contributed by atoms with Crippen LogP contribution in [0.15, 0.2) is 83.9 Å². The van der Waals surface area contributed by atoms with Crippen LogP contribution in [-0.2, 0) is 4.79 Å². The summed E-state index contributed by atoms with van der Waals surface area (Å²) in [4.78, 5) is 29.1. The second-order valence-electron chi connectivity index (χ2n) is 6.61. The van der Waals surface area contributed by atoms with Crippen molar-refractivity contribution in [2.24, 2.45) is 4.99 Å². The van der Waals surface area contributed by atoms with Crippen molar-refractivity contribution in [1.29, 1.82) is 0 Å². The molecular weight excluding hydrogens is 350 g/mol. The van der Waals surface area contributed by atoms with Gasteiger partial charge in [0.1, 0.15) is 5.71 Å². The average Bonchev–Trinajstić information content (AvgIpc) is 3.04. The molecule has 0 fully saturated rings. The molecule has 2 amide bonds. The first-order chi connectivity index (χ1) is 13.6. The lowest BCUT2D eigenvalue weighted by atomic mass is 10.1. The highest BCUT2D eigenvalue weighted by atomic mass is 16.2. The number of aliphatic imine (C=N–C) groups is 1. The molecule has 0 unspecified atom stereocenters. The molecule has 1 atom stereocenters. The van der Waals surface area contributed by atoms with Crippen LogP contribution in [0.1, 0.15) is 34.5 Å². The lowest BCUT2D eigenvalue weighted by Gasteiger charge is -2.14. The molecule has 1 heterocycles. The van der Waals surface area contributed by atoms with Gasteiger partial charge in [0.25, 0.3) is 11.8 Å². The Kier molecular flexibility index (Phi) is 4.72. The number of rotatable bonds is 4. The highest BCUT2D eigenvalue weighted by Gasteiger charge is 2.25. The third kappa shape index (κ3) is 3.55. The summed E-state index contributed by atoms with van der Waals surface area (Å²) in [5.41, 5.74) is 4.14. The van der Waals surface area contributed by atoms with Gasteiger partial charge in [0, 0.05) is 11.1 Å². The van der Waals surface area contributed by atoms with Gasteiger partial charge in [-0.2, -0.15) is 0 Å². The molecule has 2 N–H and O–H groups in total. The van der Waals surface area contributed by atoms with Crippen molar-refractivity contribution in [2.75, 3.05) is 5.32 Å². The Morgan fingerprint density at radius 3 is 2.36 bits per heavy atom. The Morgan fingerprint density at radius 2 is 1.61 bits per heavy atom. The van der Waals surface area contributed by atoms with Gasteiger partial charge in [0.2, 0.25) is 0 Å². The van der Waals surface area contributed by atoms with Crippen LogP contribution in [0.4, 0.5) is 11.4 Å². The summed E-state index contributed by atoms with van der Waals surface area (Å²) in [6.45, 7) is 1.95. The maximum Gasteiger partial charge on any atom is 0.275 e. The van der Waals surface area contributed by atoms with E-state index < -0.39 is 0 Å². The second-order valence-corrected chi connectivity index (χ2v) is 6.61. The van der Waals surface area contributed by atoms with E-state index in [0.29, 0.717) is 17.0 Å². The van der Waals surface area contributed by atoms with Crippen LogP contribution in [-0.4, -0.2) is 17.5 Å². The van der Waals surface area contributed by atoms with Crippen molar-refractivity contribution in [3.8, 4) is 0 Å². The number of carbonyl (C=O) groups is 2. The first-order valence-electron chi connectivity index (χ1n) is 9.07. The van der Waals surface area contributed by atoms with E-state index in [1.165, 1.54) is 0 Å². The third-order valence-corrected chi connectivity index (χ3v) is 4.66. The van der Waals surface area contributed by atoms with E-state index in [9.17, 15) is 9.59 Å². The van der Waals surface area contributed by atoms with Crippen molar-refractivity contribution in [2.45, 2.75) is 13.0 Å². The number of fused-ring (bicyclic) bond motifs is 1. The van der Waals surface area contributed by atoms with Crippen LogP contribution in [0.25, 0.3) is 0 Å². The van der Waals surface area contributed by atoms with E-state index in [-0.39, 0.29) is 17.9 Å². The topological polar surface area (TPSA) is 70.6 Å². The lowest BCUT2D eigenvalue weighted by molar-refractivity contribution is -0.110. The number of hydrogen-bond donors (Lipinski definition) is 2. The van der Waals surface area contributed by atoms with Gasteiger partial charge in [0.05, 0.1) is 17.4 Å². The Morgan fingerprint density at radius 1 is 0.929 bits per heavy atom. The van der Waals surface area contributed by atoms with Crippen LogP contribution in [0.2, 0.25) is 0 Å². The zero-order valence-corrected chi connectivity index (χ0v) is 15.3. The molecule has 0 radical (unpaired) electrons. The monoisotopic (exact) mass is 369 g/mol. The Hall–Kier alpha value is -3.73. The number of carbonyl (C=O) groups excluding carboxylic acids is 2. The molecule has 1 aliphatic rings. The summed E-state index contributed by atoms with van der Waals surface area (Å²) >= 11 is 0. The van der Waals surface area contributed by atoms with Gasteiger partial charge in [-0.25, -0.2) is 4.99 Å². The minimum Gasteiger partial charge on any atom is -0.346 e. The van der Waals surface area contributed by atoms with Crippen LogP contribution >= 0.6 is 0 Å². The van der Waals surface area contributed by atoms with E-state index in [0.717, 1.165) is 16.8 Å². The molecule has 0 aliphatic carbocycles. The first kappa shape index (κ1) is 17.7. The molecule has 4 rings (SSSR count). The zero-order chi connectivity index (χ0) is 19.5. The van der Waals surface area contributed by atoms with E-state index in [1.807, 2.05) is 61.5 Å². The fraction of sp³-hybridized carbons (Fsp3) is 0.0870. The van der Waals surface area contributed by atoms with Crippen molar-refractivity contribution in [3.63, 3.8) is 0 Å². The van der Waals surface area contributed by atoms with Crippen LogP contribution in [0, 0.1) is 0 Å². The summed E-state index contributed by atoms with van der Waals surface area (Å²) in [7, 11) is 0. The quantitative estimate of drug-likeness (QED) is 0.722. The summed E-state index contributed by atoms with van der Waals surface area (Å²) in [5, 5.41) is 5.79. The molecule has 0 bridgehead atoms. The SMILES string of the molecule is C[C@@H](NC(=O)c1ccc(N=C2C(=O)Nc3ccccc32)cc1)c1ccccc1. The molecule has 0 spiro atoms. The molecule has 1 aliphatic heterocycles. The highest BCUT2D eigenvalue weighted by Crippen LogP contribution is 2.25. The Bertz CT molecular complexity index is 1060. The lowest BCUT2D eigenvalue weighted by Crippen LogP contribution is -2.26. The summed E-state index contributed by atoms with van der Waals surface area (Å²) in [6, 6.07) is 24.1. The molecule has 28 heavy (non-hydrogen) atoms. The van der Waals surface area contributed by atoms with Crippen molar-refractivity contribution >= 4 is 28.9 Å². The van der Waals surface area contributed by atoms with Crippen LogP contribution < -0.4 is 10.6 Å². The molecule has 0 saturated heterocycles. The standard InChI is InChI=1S/C23H19N3O2/c1-15(16-7-3-2-4-8-16)24-22(27)17-11-13-18(14-12-17)25-21-19-9-5-6-10-20(19)26-23(21)28/h2-15H,1H3,(H,24,27)(H,25,26,28)/t15-/m1/s1. The van der Waals surface area contributed by atoms with Gasteiger partial charge in [-0.3, -0.25) is 9.59 Å². The number of nitrogens with one attached hydrogen (secondary N) is 2. The Labute approximate surface area is 163 Å². The largest absolute Gasteiger partial charge is 0.346 e. The molecular formula is C23H19N3O2. The van der Waals surface area contributed by atoms with Gasteiger partial charge in [-0.15, -0.1) is 0 Å². The third-order valence-electron chi connectivity index (χ3n) is 4.66. The first-order valence-corrected chi connectivity index (χ1v) is 9.07. The van der Waals surface area contributed by atoms with Gasteiger partial charge in [-0.05, 0) is 42.8 Å². The number of hydrogen-bond acceptors (Lipinski definition) is 3. The van der Waals surface area contributed by atoms with Gasteiger partial charge >= 0.3 is 0 Å². The van der Waals surface area contributed by atoms with E-state index in [4.69, 9.17) is 0 Å². The fourth-order valence-electron chi connectivity index (χ4n) is 3.13. The molecule has 138 valence electrons. The maximum absolute atomic E-state index is 12.5. The minimum absolute atomic E-state index is 0.0905. The fourth-order valence-corrected chi connectivity index (χ4v) is 3.13. The van der Waals surface area contributed by atoms with Gasteiger partial charge in [-0.1, -0.05) is 48.5 Å². The van der Waals surface area contributed by atoms with Crippen LogP contribution in [0.3, 0.4) is 0 Å². The number of anilines is 1.